The van der Waals surface area contributed by atoms with Crippen molar-refractivity contribution >= 4 is 22.2 Å². The van der Waals surface area contributed by atoms with Crippen LogP contribution in [0.4, 0.5) is 0 Å². The summed E-state index contributed by atoms with van der Waals surface area (Å²) >= 11 is 3.09. The van der Waals surface area contributed by atoms with E-state index in [9.17, 15) is 4.79 Å². The maximum atomic E-state index is 10.00. The molecule has 0 aliphatic heterocycles. The third kappa shape index (κ3) is 1.57. The minimum Gasteiger partial charge on any atom is -0.296 e. The van der Waals surface area contributed by atoms with Gasteiger partial charge in [0.2, 0.25) is 0 Å². The Bertz CT molecular complexity index is 209. The number of rotatable bonds is 1. The first-order chi connectivity index (χ1) is 4.33. The van der Waals surface area contributed by atoms with Crippen molar-refractivity contribution in [2.24, 2.45) is 0 Å². The summed E-state index contributed by atoms with van der Waals surface area (Å²) in [6.45, 7) is 0. The lowest BCUT2D eigenvalue weighted by atomic mass is 10.4. The molecule has 0 aliphatic rings. The van der Waals surface area contributed by atoms with Crippen LogP contribution >= 0.6 is 15.9 Å². The zero-order valence-electron chi connectivity index (χ0n) is 4.41. The van der Waals surface area contributed by atoms with Crippen LogP contribution in [0.5, 0.6) is 0 Å². The maximum absolute atomic E-state index is 10.00. The number of aldehydes is 1. The third-order valence-corrected chi connectivity index (χ3v) is 1.20. The number of hydrogen-bond donors (Lipinski definition) is 0. The first kappa shape index (κ1) is 6.35. The highest BCUT2D eigenvalue weighted by atomic mass is 79.9. The van der Waals surface area contributed by atoms with Crippen molar-refractivity contribution in [3.05, 3.63) is 22.4 Å². The van der Waals surface area contributed by atoms with Gasteiger partial charge in [0.25, 0.3) is 0 Å². The van der Waals surface area contributed by atoms with Crippen molar-refractivity contribution in [3.63, 3.8) is 0 Å². The highest BCUT2D eigenvalue weighted by Crippen LogP contribution is 2.01. The predicted octanol–water partition coefficient (Wildman–Crippen LogP) is 1.05. The van der Waals surface area contributed by atoms with Gasteiger partial charge in [0.15, 0.2) is 6.29 Å². The van der Waals surface area contributed by atoms with E-state index in [4.69, 9.17) is 0 Å². The normalized spacial score (nSPS) is 9.00. The quantitative estimate of drug-likeness (QED) is 0.617. The van der Waals surface area contributed by atoms with E-state index in [1.54, 1.807) is 12.1 Å². The average Bonchev–Trinajstić information content (AvgIpc) is 1.90. The number of carbonyl (C=O) groups excluding carboxylic acids is 1. The van der Waals surface area contributed by atoms with Gasteiger partial charge < -0.3 is 0 Å². The molecule has 0 atom stereocenters. The molecule has 46 valence electrons. The molecule has 0 fully saturated rings. The number of aromatic nitrogens is 2. The molecule has 1 rings (SSSR count). The van der Waals surface area contributed by atoms with Crippen LogP contribution < -0.4 is 0 Å². The van der Waals surface area contributed by atoms with Crippen molar-refractivity contribution in [1.29, 1.82) is 0 Å². The monoisotopic (exact) mass is 186 g/mol. The van der Waals surface area contributed by atoms with Gasteiger partial charge in [-0.15, -0.1) is 10.2 Å². The van der Waals surface area contributed by atoms with Crippen molar-refractivity contribution < 1.29 is 4.79 Å². The molecule has 1 heterocycles. The number of hydrogen-bond acceptors (Lipinski definition) is 3. The van der Waals surface area contributed by atoms with Crippen LogP contribution in [0.25, 0.3) is 0 Å². The Hall–Kier alpha value is -0.770. The molecule has 0 spiro atoms. The Morgan fingerprint density at radius 2 is 2.22 bits per heavy atom. The van der Waals surface area contributed by atoms with Crippen LogP contribution in [-0.2, 0) is 0 Å². The molecule has 0 unspecified atom stereocenters. The first-order valence-corrected chi connectivity index (χ1v) is 3.06. The molecule has 0 aromatic carbocycles. The number of halogens is 1. The van der Waals surface area contributed by atoms with E-state index in [1.165, 1.54) is 0 Å². The van der Waals surface area contributed by atoms with Crippen molar-refractivity contribution in [2.45, 2.75) is 0 Å². The molecule has 0 saturated heterocycles. The Morgan fingerprint density at radius 1 is 1.44 bits per heavy atom. The van der Waals surface area contributed by atoms with E-state index in [0.29, 0.717) is 16.6 Å². The van der Waals surface area contributed by atoms with Crippen molar-refractivity contribution in [1.82, 2.24) is 10.2 Å². The Labute approximate surface area is 60.2 Å². The second-order valence-electron chi connectivity index (χ2n) is 1.40. The number of nitrogens with zero attached hydrogens (tertiary/aromatic N) is 2. The predicted molar refractivity (Wildman–Crippen MR) is 35.1 cm³/mol. The fourth-order valence-electron chi connectivity index (χ4n) is 0.389. The fraction of sp³-hybridized carbons (Fsp3) is 0. The van der Waals surface area contributed by atoms with Gasteiger partial charge in [-0.2, -0.15) is 0 Å². The van der Waals surface area contributed by atoms with Gasteiger partial charge in [0, 0.05) is 0 Å². The van der Waals surface area contributed by atoms with E-state index in [1.807, 2.05) is 0 Å². The second kappa shape index (κ2) is 2.68. The van der Waals surface area contributed by atoms with Gasteiger partial charge in [-0.3, -0.25) is 4.79 Å². The zero-order valence-corrected chi connectivity index (χ0v) is 6.00. The summed E-state index contributed by atoms with van der Waals surface area (Å²) in [5, 5.41) is 7.12. The van der Waals surface area contributed by atoms with E-state index in [0.717, 1.165) is 0 Å². The zero-order chi connectivity index (χ0) is 6.69. The van der Waals surface area contributed by atoms with Gasteiger partial charge in [-0.25, -0.2) is 0 Å². The molecule has 0 bridgehead atoms. The summed E-state index contributed by atoms with van der Waals surface area (Å²) in [6, 6.07) is 3.25. The van der Waals surface area contributed by atoms with Crippen molar-refractivity contribution in [3.8, 4) is 0 Å². The lowest BCUT2D eigenvalue weighted by molar-refractivity contribution is 0.111. The second-order valence-corrected chi connectivity index (χ2v) is 2.21. The summed E-state index contributed by atoms with van der Waals surface area (Å²) in [6.07, 6.45) is 0.652. The summed E-state index contributed by atoms with van der Waals surface area (Å²) in [5.41, 5.74) is 0.346. The summed E-state index contributed by atoms with van der Waals surface area (Å²) in [5.74, 6) is 0. The fourth-order valence-corrected chi connectivity index (χ4v) is 0.601. The molecule has 4 heteroatoms. The largest absolute Gasteiger partial charge is 0.296 e. The molecule has 1 aromatic heterocycles. The van der Waals surface area contributed by atoms with Gasteiger partial charge in [0.1, 0.15) is 10.3 Å². The molecule has 0 saturated carbocycles. The molecule has 3 nitrogen and oxygen atoms in total. The lowest BCUT2D eigenvalue weighted by Crippen LogP contribution is -1.88. The minimum atomic E-state index is 0.346. The SMILES string of the molecule is O=Cc1ccc(Br)nn1. The molecule has 0 aliphatic carbocycles. The van der Waals surface area contributed by atoms with Gasteiger partial charge in [0.05, 0.1) is 0 Å². The summed E-state index contributed by atoms with van der Waals surface area (Å²) < 4.78 is 0.633. The van der Waals surface area contributed by atoms with Gasteiger partial charge in [-0.1, -0.05) is 0 Å². The minimum absolute atomic E-state index is 0.346. The van der Waals surface area contributed by atoms with Crippen LogP contribution in [0.1, 0.15) is 10.5 Å². The van der Waals surface area contributed by atoms with Gasteiger partial charge >= 0.3 is 0 Å². The lowest BCUT2D eigenvalue weighted by Gasteiger charge is -1.85. The van der Waals surface area contributed by atoms with Crippen molar-refractivity contribution in [2.75, 3.05) is 0 Å². The first-order valence-electron chi connectivity index (χ1n) is 2.27. The molecule has 9 heavy (non-hydrogen) atoms. The van der Waals surface area contributed by atoms with E-state index >= 15 is 0 Å². The van der Waals surface area contributed by atoms with Crippen LogP contribution in [0.15, 0.2) is 16.7 Å². The molecule has 0 radical (unpaired) electrons. The van der Waals surface area contributed by atoms with Crippen LogP contribution in [-0.4, -0.2) is 16.5 Å². The molecule has 0 N–H and O–H groups in total. The topological polar surface area (TPSA) is 42.9 Å². The third-order valence-electron chi connectivity index (χ3n) is 0.773. The Kier molecular flexibility index (Phi) is 1.89. The van der Waals surface area contributed by atoms with Gasteiger partial charge in [-0.05, 0) is 28.1 Å². The number of carbonyl (C=O) groups is 1. The average molecular weight is 187 g/mol. The summed E-state index contributed by atoms with van der Waals surface area (Å²) in [7, 11) is 0. The van der Waals surface area contributed by atoms with E-state index < -0.39 is 0 Å². The molecular weight excluding hydrogens is 184 g/mol. The highest BCUT2D eigenvalue weighted by molar-refractivity contribution is 9.10. The smallest absolute Gasteiger partial charge is 0.170 e. The molecule has 1 aromatic rings. The van der Waals surface area contributed by atoms with Crippen LogP contribution in [0, 0.1) is 0 Å². The Morgan fingerprint density at radius 3 is 2.67 bits per heavy atom. The highest BCUT2D eigenvalue weighted by Gasteiger charge is 1.89. The Balaban J connectivity index is 3.01. The van der Waals surface area contributed by atoms with E-state index in [2.05, 4.69) is 26.1 Å². The molecule has 0 amide bonds. The van der Waals surface area contributed by atoms with Crippen LogP contribution in [0.2, 0.25) is 0 Å². The maximum Gasteiger partial charge on any atom is 0.170 e. The van der Waals surface area contributed by atoms with E-state index in [-0.39, 0.29) is 0 Å². The molecular formula is C5H3BrN2O. The van der Waals surface area contributed by atoms with Crippen LogP contribution in [0.3, 0.4) is 0 Å². The standard InChI is InChI=1S/C5H3BrN2O/c6-5-2-1-4(3-9)7-8-5/h1-3H. The summed E-state index contributed by atoms with van der Waals surface area (Å²) in [4.78, 5) is 10.00.